The predicted molar refractivity (Wildman–Crippen MR) is 77.5 cm³/mol. The van der Waals surface area contributed by atoms with Gasteiger partial charge in [-0.15, -0.1) is 0 Å². The number of hydrogen-bond donors (Lipinski definition) is 1. The van der Waals surface area contributed by atoms with Crippen molar-refractivity contribution in [3.63, 3.8) is 0 Å². The summed E-state index contributed by atoms with van der Waals surface area (Å²) in [7, 11) is -0.590. The molecule has 22 heavy (non-hydrogen) atoms. The Morgan fingerprint density at radius 3 is 2.27 bits per heavy atom. The molecule has 1 aromatic carbocycles. The molecule has 4 nitrogen and oxygen atoms in total. The van der Waals surface area contributed by atoms with Crippen LogP contribution in [0.2, 0.25) is 6.82 Å². The van der Waals surface area contributed by atoms with Gasteiger partial charge in [-0.05, 0) is 37.5 Å². The second kappa shape index (κ2) is 6.30. The fourth-order valence-corrected chi connectivity index (χ4v) is 2.55. The first kappa shape index (κ1) is 16.8. The number of carbonyl (C=O) groups is 1. The number of amides is 1. The fraction of sp³-hybridized carbons (Fsp3) is 0.500. The third-order valence-corrected chi connectivity index (χ3v) is 3.78. The van der Waals surface area contributed by atoms with Crippen molar-refractivity contribution < 1.29 is 23.0 Å². The lowest BCUT2D eigenvalue weighted by molar-refractivity contribution is -0.137. The van der Waals surface area contributed by atoms with Crippen LogP contribution in [0.25, 0.3) is 0 Å². The second-order valence-electron chi connectivity index (χ2n) is 5.55. The van der Waals surface area contributed by atoms with E-state index >= 15 is 0 Å². The van der Waals surface area contributed by atoms with Crippen molar-refractivity contribution in [1.29, 1.82) is 0 Å². The summed E-state index contributed by atoms with van der Waals surface area (Å²) in [5, 5.41) is 9.48. The van der Waals surface area contributed by atoms with E-state index in [0.717, 1.165) is 12.1 Å². The molecule has 0 bridgehead atoms. The molecule has 1 aromatic rings. The molecule has 0 spiro atoms. The van der Waals surface area contributed by atoms with Gasteiger partial charge in [-0.25, -0.2) is 0 Å². The van der Waals surface area contributed by atoms with Gasteiger partial charge in [-0.2, -0.15) is 13.2 Å². The number of alkyl halides is 3. The van der Waals surface area contributed by atoms with Gasteiger partial charge >= 0.3 is 13.2 Å². The smallest absolute Gasteiger partial charge is 0.416 e. The van der Waals surface area contributed by atoms with Crippen molar-refractivity contribution in [1.82, 2.24) is 9.71 Å². The molecule has 1 N–H and O–H groups in total. The third-order valence-electron chi connectivity index (χ3n) is 3.78. The lowest BCUT2D eigenvalue weighted by Crippen LogP contribution is -2.53. The number of carbonyl (C=O) groups excluding carboxylic acids is 1. The minimum absolute atomic E-state index is 0.0535. The molecule has 1 aliphatic rings. The number of nitrogens with zero attached hydrogens (tertiary/aromatic N) is 2. The zero-order chi connectivity index (χ0) is 16.5. The summed E-state index contributed by atoms with van der Waals surface area (Å²) in [6, 6.07) is 3.40. The molecule has 0 saturated carbocycles. The van der Waals surface area contributed by atoms with E-state index in [1.165, 1.54) is 17.9 Å². The molecule has 1 fully saturated rings. The van der Waals surface area contributed by atoms with E-state index in [-0.39, 0.29) is 5.56 Å². The van der Waals surface area contributed by atoms with E-state index in [0.29, 0.717) is 31.7 Å². The van der Waals surface area contributed by atoms with Gasteiger partial charge in [0.05, 0.1) is 5.56 Å². The van der Waals surface area contributed by atoms with E-state index in [1.807, 2.05) is 0 Å². The van der Waals surface area contributed by atoms with Crippen LogP contribution in [0.1, 0.15) is 21.5 Å². The maximum atomic E-state index is 12.8. The molecule has 1 saturated heterocycles. The average molecular weight is 314 g/mol. The van der Waals surface area contributed by atoms with Crippen LogP contribution >= 0.6 is 0 Å². The molecule has 0 aromatic heterocycles. The van der Waals surface area contributed by atoms with Crippen molar-refractivity contribution in [2.75, 3.05) is 26.2 Å². The topological polar surface area (TPSA) is 43.8 Å². The van der Waals surface area contributed by atoms with Gasteiger partial charge in [0.25, 0.3) is 5.91 Å². The summed E-state index contributed by atoms with van der Waals surface area (Å²) < 4.78 is 38.5. The summed E-state index contributed by atoms with van der Waals surface area (Å²) in [6.07, 6.45) is -4.47. The van der Waals surface area contributed by atoms with Crippen molar-refractivity contribution in [2.24, 2.45) is 0 Å². The molecule has 0 unspecified atom stereocenters. The van der Waals surface area contributed by atoms with E-state index in [2.05, 4.69) is 0 Å². The van der Waals surface area contributed by atoms with Gasteiger partial charge in [-0.1, -0.05) is 0 Å². The molecule has 1 amide bonds. The average Bonchev–Trinajstić information content (AvgIpc) is 2.45. The van der Waals surface area contributed by atoms with Crippen molar-refractivity contribution >= 4 is 13.0 Å². The predicted octanol–water partition coefficient (Wildman–Crippen LogP) is 1.88. The Kier molecular flexibility index (Phi) is 4.82. The van der Waals surface area contributed by atoms with Crippen LogP contribution in [-0.4, -0.2) is 53.9 Å². The zero-order valence-electron chi connectivity index (χ0n) is 12.5. The summed E-state index contributed by atoms with van der Waals surface area (Å²) in [4.78, 5) is 15.7. The first-order valence-electron chi connectivity index (χ1n) is 7.09. The van der Waals surface area contributed by atoms with Crippen LogP contribution in [-0.2, 0) is 6.18 Å². The minimum Gasteiger partial charge on any atom is -0.437 e. The van der Waals surface area contributed by atoms with Crippen LogP contribution < -0.4 is 0 Å². The highest BCUT2D eigenvalue weighted by molar-refractivity contribution is 6.45. The van der Waals surface area contributed by atoms with Crippen LogP contribution in [0, 0.1) is 6.92 Å². The van der Waals surface area contributed by atoms with E-state index in [1.54, 1.807) is 11.6 Å². The monoisotopic (exact) mass is 314 g/mol. The lowest BCUT2D eigenvalue weighted by atomic mass is 9.84. The molecule has 0 radical (unpaired) electrons. The van der Waals surface area contributed by atoms with Crippen LogP contribution in [0.5, 0.6) is 0 Å². The molecule has 0 atom stereocenters. The quantitative estimate of drug-likeness (QED) is 0.848. The van der Waals surface area contributed by atoms with Crippen LogP contribution in [0.4, 0.5) is 13.2 Å². The Bertz CT molecular complexity index is 556. The molecule has 1 heterocycles. The Labute approximate surface area is 127 Å². The normalized spacial score (nSPS) is 16.7. The zero-order valence-corrected chi connectivity index (χ0v) is 12.5. The molecule has 120 valence electrons. The highest BCUT2D eigenvalue weighted by Gasteiger charge is 2.32. The standard InChI is InChI=1S/C14H18BF3N2O2/c1-10-7-11(9-12(8-10)14(16,17)18)13(21)19-3-5-20(6-4-19)15(2)22/h7-9,22H,3-6H2,1-2H3. The van der Waals surface area contributed by atoms with E-state index in [4.69, 9.17) is 0 Å². The number of aryl methyl sites for hydroxylation is 1. The Hall–Kier alpha value is -1.54. The molecule has 8 heteroatoms. The first-order chi connectivity index (χ1) is 10.2. The summed E-state index contributed by atoms with van der Waals surface area (Å²) in [5.74, 6) is -0.403. The second-order valence-corrected chi connectivity index (χ2v) is 5.55. The molecular weight excluding hydrogens is 296 g/mol. The van der Waals surface area contributed by atoms with E-state index < -0.39 is 24.7 Å². The summed E-state index contributed by atoms with van der Waals surface area (Å²) >= 11 is 0. The van der Waals surface area contributed by atoms with Crippen molar-refractivity contribution in [3.8, 4) is 0 Å². The number of piperazine rings is 1. The van der Waals surface area contributed by atoms with Gasteiger partial charge in [0.1, 0.15) is 0 Å². The van der Waals surface area contributed by atoms with Crippen molar-refractivity contribution in [2.45, 2.75) is 19.9 Å². The first-order valence-corrected chi connectivity index (χ1v) is 7.09. The van der Waals surface area contributed by atoms with Gasteiger partial charge in [0, 0.05) is 31.7 Å². The Balaban J connectivity index is 2.15. The fourth-order valence-electron chi connectivity index (χ4n) is 2.55. The van der Waals surface area contributed by atoms with Gasteiger partial charge in [0.15, 0.2) is 0 Å². The highest BCUT2D eigenvalue weighted by atomic mass is 19.4. The van der Waals surface area contributed by atoms with Crippen LogP contribution in [0.15, 0.2) is 18.2 Å². The number of halogens is 3. The summed E-state index contributed by atoms with van der Waals surface area (Å²) in [6.45, 7) is 4.96. The third kappa shape index (κ3) is 3.81. The summed E-state index contributed by atoms with van der Waals surface area (Å²) in [5.41, 5.74) is -0.350. The van der Waals surface area contributed by atoms with Crippen molar-refractivity contribution in [3.05, 3.63) is 34.9 Å². The Morgan fingerprint density at radius 2 is 1.77 bits per heavy atom. The molecule has 1 aliphatic heterocycles. The SMILES string of the molecule is CB(O)N1CCN(C(=O)c2cc(C)cc(C(F)(F)F)c2)CC1. The van der Waals surface area contributed by atoms with Gasteiger partial charge in [0.2, 0.25) is 0 Å². The van der Waals surface area contributed by atoms with Gasteiger partial charge < -0.3 is 14.7 Å². The maximum Gasteiger partial charge on any atom is 0.416 e. The van der Waals surface area contributed by atoms with Gasteiger partial charge in [-0.3, -0.25) is 4.79 Å². The van der Waals surface area contributed by atoms with E-state index in [9.17, 15) is 23.0 Å². The number of hydrogen-bond acceptors (Lipinski definition) is 3. The minimum atomic E-state index is -4.47. The lowest BCUT2D eigenvalue weighted by Gasteiger charge is -2.35. The largest absolute Gasteiger partial charge is 0.437 e. The number of benzene rings is 1. The highest BCUT2D eigenvalue weighted by Crippen LogP contribution is 2.31. The molecule has 2 rings (SSSR count). The number of rotatable bonds is 2. The molecule has 0 aliphatic carbocycles. The Morgan fingerprint density at radius 1 is 1.18 bits per heavy atom. The van der Waals surface area contributed by atoms with Crippen LogP contribution in [0.3, 0.4) is 0 Å². The maximum absolute atomic E-state index is 12.8. The molecular formula is C14H18BF3N2O2.